The summed E-state index contributed by atoms with van der Waals surface area (Å²) in [6, 6.07) is 0. The highest BCUT2D eigenvalue weighted by Crippen LogP contribution is 2.65. The van der Waals surface area contributed by atoms with E-state index in [9.17, 15) is 14.4 Å². The van der Waals surface area contributed by atoms with Gasteiger partial charge in [-0.1, -0.05) is 25.5 Å². The number of Topliss-reactive ketones (excluding diaryl/α,β-unsaturated/α-hetero) is 2. The largest absolute Gasteiger partial charge is 0.462 e. The van der Waals surface area contributed by atoms with Crippen LogP contribution in [0.2, 0.25) is 0 Å². The van der Waals surface area contributed by atoms with Crippen molar-refractivity contribution < 1.29 is 19.1 Å². The summed E-state index contributed by atoms with van der Waals surface area (Å²) < 4.78 is 5.51. The fourth-order valence-corrected chi connectivity index (χ4v) is 7.15. The second-order valence-corrected chi connectivity index (χ2v) is 9.93. The third-order valence-electron chi connectivity index (χ3n) is 8.62. The lowest BCUT2D eigenvalue weighted by Crippen LogP contribution is -2.54. The van der Waals surface area contributed by atoms with Gasteiger partial charge in [-0.05, 0) is 62.2 Å². The molecule has 0 aliphatic heterocycles. The van der Waals surface area contributed by atoms with E-state index in [0.717, 1.165) is 38.5 Å². The summed E-state index contributed by atoms with van der Waals surface area (Å²) in [5.41, 5.74) is 1.15. The normalized spacial score (nSPS) is 46.0. The monoisotopic (exact) mass is 372 g/mol. The highest BCUT2D eigenvalue weighted by atomic mass is 16.5. The SMILES string of the molecule is CC(=O)O[C@H]1CC[C@@]2(C)C(=CC(C(C)=O)[C@@H]3[C@@H]2CC[C@]2(C)C(=O)CC[C@@H]32)C1. The maximum Gasteiger partial charge on any atom is 0.302 e. The van der Waals surface area contributed by atoms with Gasteiger partial charge >= 0.3 is 5.97 Å². The molecule has 148 valence electrons. The molecule has 4 aliphatic rings. The number of ketones is 2. The molecular weight excluding hydrogens is 340 g/mol. The Kier molecular flexibility index (Phi) is 4.40. The number of hydrogen-bond donors (Lipinski definition) is 0. The third kappa shape index (κ3) is 2.74. The van der Waals surface area contributed by atoms with Crippen molar-refractivity contribution in [1.29, 1.82) is 0 Å². The van der Waals surface area contributed by atoms with Gasteiger partial charge < -0.3 is 4.74 Å². The number of allylic oxidation sites excluding steroid dienone is 1. The molecule has 27 heavy (non-hydrogen) atoms. The van der Waals surface area contributed by atoms with E-state index in [0.29, 0.717) is 24.0 Å². The minimum absolute atomic E-state index is 0.0621. The molecule has 4 heteroatoms. The van der Waals surface area contributed by atoms with Crippen molar-refractivity contribution in [3.63, 3.8) is 0 Å². The summed E-state index contributed by atoms with van der Waals surface area (Å²) in [7, 11) is 0. The molecule has 0 aromatic carbocycles. The molecular formula is C23H32O4. The van der Waals surface area contributed by atoms with E-state index >= 15 is 0 Å². The van der Waals surface area contributed by atoms with E-state index in [1.807, 2.05) is 0 Å². The van der Waals surface area contributed by atoms with Crippen LogP contribution in [0.4, 0.5) is 0 Å². The Labute approximate surface area is 162 Å². The zero-order valence-corrected chi connectivity index (χ0v) is 17.0. The molecule has 4 aliphatic carbocycles. The van der Waals surface area contributed by atoms with Crippen LogP contribution < -0.4 is 0 Å². The van der Waals surface area contributed by atoms with Crippen LogP contribution in [0.3, 0.4) is 0 Å². The topological polar surface area (TPSA) is 60.4 Å². The van der Waals surface area contributed by atoms with E-state index in [-0.39, 0.29) is 40.5 Å². The molecule has 4 nitrogen and oxygen atoms in total. The Morgan fingerprint density at radius 2 is 1.70 bits per heavy atom. The quantitative estimate of drug-likeness (QED) is 0.537. The molecule has 0 amide bonds. The van der Waals surface area contributed by atoms with E-state index in [1.165, 1.54) is 12.5 Å². The minimum atomic E-state index is -0.231. The fraction of sp³-hybridized carbons (Fsp3) is 0.783. The zero-order valence-electron chi connectivity index (χ0n) is 17.0. The zero-order chi connectivity index (χ0) is 19.6. The molecule has 0 bridgehead atoms. The third-order valence-corrected chi connectivity index (χ3v) is 8.62. The first kappa shape index (κ1) is 18.9. The van der Waals surface area contributed by atoms with Gasteiger partial charge in [0.25, 0.3) is 0 Å². The number of esters is 1. The van der Waals surface area contributed by atoms with E-state index in [4.69, 9.17) is 4.74 Å². The van der Waals surface area contributed by atoms with Crippen LogP contribution in [0.1, 0.15) is 72.6 Å². The molecule has 4 rings (SSSR count). The van der Waals surface area contributed by atoms with Crippen molar-refractivity contribution in [3.05, 3.63) is 11.6 Å². The van der Waals surface area contributed by atoms with Crippen molar-refractivity contribution in [2.24, 2.45) is 34.5 Å². The molecule has 0 aromatic heterocycles. The minimum Gasteiger partial charge on any atom is -0.462 e. The van der Waals surface area contributed by atoms with Crippen LogP contribution >= 0.6 is 0 Å². The summed E-state index contributed by atoms with van der Waals surface area (Å²) in [5, 5.41) is 0. The highest BCUT2D eigenvalue weighted by molar-refractivity contribution is 5.88. The molecule has 0 saturated heterocycles. The van der Waals surface area contributed by atoms with Gasteiger partial charge in [-0.2, -0.15) is 0 Å². The smallest absolute Gasteiger partial charge is 0.302 e. The molecule has 0 spiro atoms. The molecule has 3 fully saturated rings. The van der Waals surface area contributed by atoms with E-state index in [1.54, 1.807) is 6.92 Å². The Bertz CT molecular complexity index is 722. The maximum atomic E-state index is 12.7. The van der Waals surface area contributed by atoms with E-state index in [2.05, 4.69) is 19.9 Å². The lowest BCUT2D eigenvalue weighted by molar-refractivity contribution is -0.149. The van der Waals surface area contributed by atoms with Crippen molar-refractivity contribution in [1.82, 2.24) is 0 Å². The van der Waals surface area contributed by atoms with Crippen molar-refractivity contribution >= 4 is 17.5 Å². The van der Waals surface area contributed by atoms with Crippen LogP contribution in [0, 0.1) is 34.5 Å². The molecule has 0 radical (unpaired) electrons. The van der Waals surface area contributed by atoms with Gasteiger partial charge in [0, 0.05) is 31.1 Å². The summed E-state index contributed by atoms with van der Waals surface area (Å²) >= 11 is 0. The van der Waals surface area contributed by atoms with E-state index < -0.39 is 0 Å². The van der Waals surface area contributed by atoms with Crippen LogP contribution in [0.25, 0.3) is 0 Å². The molecule has 1 unspecified atom stereocenters. The second-order valence-electron chi connectivity index (χ2n) is 9.93. The summed E-state index contributed by atoms with van der Waals surface area (Å²) in [5.74, 6) is 1.38. The average Bonchev–Trinajstić information content (AvgIpc) is 2.89. The van der Waals surface area contributed by atoms with Crippen LogP contribution in [0.5, 0.6) is 0 Å². The van der Waals surface area contributed by atoms with Gasteiger partial charge in [0.2, 0.25) is 0 Å². The van der Waals surface area contributed by atoms with Crippen molar-refractivity contribution in [2.75, 3.05) is 0 Å². The molecule has 0 N–H and O–H groups in total. The van der Waals surface area contributed by atoms with Crippen molar-refractivity contribution in [3.8, 4) is 0 Å². The highest BCUT2D eigenvalue weighted by Gasteiger charge is 2.61. The van der Waals surface area contributed by atoms with Gasteiger partial charge in [0.05, 0.1) is 0 Å². The first-order valence-corrected chi connectivity index (χ1v) is 10.6. The Morgan fingerprint density at radius 3 is 2.37 bits per heavy atom. The summed E-state index contributed by atoms with van der Waals surface area (Å²) in [6.45, 7) is 7.68. The lowest BCUT2D eigenvalue weighted by Gasteiger charge is -2.58. The number of carbonyl (C=O) groups is 3. The number of fused-ring (bicyclic) bond motifs is 5. The summed E-state index contributed by atoms with van der Waals surface area (Å²) in [4.78, 5) is 36.7. The van der Waals surface area contributed by atoms with Gasteiger partial charge in [0.1, 0.15) is 17.7 Å². The number of ether oxygens (including phenoxy) is 1. The Hall–Kier alpha value is -1.45. The standard InChI is InChI=1S/C23H32O4/c1-13(24)17-12-15-11-16(27-14(2)25)7-9-22(15,3)19-8-10-23(4)18(21(17)19)5-6-20(23)26/h12,16-19,21H,5-11H2,1-4H3/t16-,17?,18-,19-,21-,22-,23-/m0/s1. The molecule has 7 atom stereocenters. The first-order chi connectivity index (χ1) is 12.7. The van der Waals surface area contributed by atoms with Crippen LogP contribution in [-0.4, -0.2) is 23.6 Å². The van der Waals surface area contributed by atoms with Gasteiger partial charge in [-0.3, -0.25) is 14.4 Å². The fourth-order valence-electron chi connectivity index (χ4n) is 7.15. The van der Waals surface area contributed by atoms with Gasteiger partial charge in [-0.15, -0.1) is 0 Å². The first-order valence-electron chi connectivity index (χ1n) is 10.6. The van der Waals surface area contributed by atoms with Crippen LogP contribution in [0.15, 0.2) is 11.6 Å². The molecule has 0 heterocycles. The van der Waals surface area contributed by atoms with Gasteiger partial charge in [0.15, 0.2) is 0 Å². The average molecular weight is 373 g/mol. The predicted molar refractivity (Wildman–Crippen MR) is 102 cm³/mol. The lowest BCUT2D eigenvalue weighted by atomic mass is 9.45. The maximum absolute atomic E-state index is 12.7. The molecule has 3 saturated carbocycles. The molecule has 0 aromatic rings. The Balaban J connectivity index is 1.73. The number of rotatable bonds is 2. The second kappa shape index (κ2) is 6.28. The van der Waals surface area contributed by atoms with Gasteiger partial charge in [-0.25, -0.2) is 0 Å². The Morgan fingerprint density at radius 1 is 1.04 bits per heavy atom. The summed E-state index contributed by atoms with van der Waals surface area (Å²) in [6.07, 6.45) is 8.40. The van der Waals surface area contributed by atoms with Crippen LogP contribution in [-0.2, 0) is 19.1 Å². The number of carbonyl (C=O) groups excluding carboxylic acids is 3. The van der Waals surface area contributed by atoms with Crippen molar-refractivity contribution in [2.45, 2.75) is 78.7 Å². The predicted octanol–water partition coefficient (Wildman–Crippen LogP) is 4.27. The number of hydrogen-bond acceptors (Lipinski definition) is 4.